The zero-order chi connectivity index (χ0) is 28.6. The molecule has 12 heteroatoms. The van der Waals surface area contributed by atoms with Crippen LogP contribution in [0.25, 0.3) is 0 Å². The minimum atomic E-state index is -4.53. The van der Waals surface area contributed by atoms with Gasteiger partial charge in [-0.3, -0.25) is 19.1 Å². The summed E-state index contributed by atoms with van der Waals surface area (Å²) in [5.74, 6) is -0.736. The van der Waals surface area contributed by atoms with Crippen molar-refractivity contribution in [3.05, 3.63) is 47.3 Å². The number of fused-ring (bicyclic) bond motifs is 1. The van der Waals surface area contributed by atoms with Crippen LogP contribution in [0.15, 0.2) is 30.5 Å². The lowest BCUT2D eigenvalue weighted by Crippen LogP contribution is -2.50. The van der Waals surface area contributed by atoms with Crippen molar-refractivity contribution in [1.29, 1.82) is 0 Å². The van der Waals surface area contributed by atoms with Crippen LogP contribution in [0.1, 0.15) is 73.3 Å². The number of alkyl halides is 3. The molecule has 0 unspecified atom stereocenters. The number of hydrogen-bond acceptors (Lipinski definition) is 5. The number of carbonyl (C=O) groups is 3. The molecule has 1 aromatic carbocycles. The van der Waals surface area contributed by atoms with Crippen molar-refractivity contribution in [2.75, 3.05) is 18.5 Å². The summed E-state index contributed by atoms with van der Waals surface area (Å²) in [5.41, 5.74) is 2.04. The summed E-state index contributed by atoms with van der Waals surface area (Å²) in [4.78, 5) is 39.4. The Morgan fingerprint density at radius 3 is 2.42 bits per heavy atom. The van der Waals surface area contributed by atoms with Gasteiger partial charge < -0.3 is 20.7 Å². The number of anilines is 1. The Morgan fingerprint density at radius 2 is 1.80 bits per heavy atom. The van der Waals surface area contributed by atoms with Gasteiger partial charge >= 0.3 is 6.18 Å². The summed E-state index contributed by atoms with van der Waals surface area (Å²) in [6, 6.07) is 5.80. The summed E-state index contributed by atoms with van der Waals surface area (Å²) in [7, 11) is 0. The molecule has 2 aromatic rings. The third-order valence-electron chi connectivity index (χ3n) is 7.73. The second-order valence-electron chi connectivity index (χ2n) is 11.2. The highest BCUT2D eigenvalue weighted by molar-refractivity contribution is 6.01. The van der Waals surface area contributed by atoms with E-state index in [9.17, 15) is 27.6 Å². The number of carbonyl (C=O) groups excluding carboxylic acids is 3. The molecule has 5 rings (SSSR count). The van der Waals surface area contributed by atoms with E-state index in [1.807, 2.05) is 19.2 Å². The minimum Gasteiger partial charge on any atom is -0.363 e. The largest absolute Gasteiger partial charge is 0.405 e. The van der Waals surface area contributed by atoms with Crippen molar-refractivity contribution in [3.8, 4) is 0 Å². The molecule has 0 radical (unpaired) electrons. The first-order valence-corrected chi connectivity index (χ1v) is 13.8. The highest BCUT2D eigenvalue weighted by Crippen LogP contribution is 2.51. The van der Waals surface area contributed by atoms with Crippen LogP contribution in [0.5, 0.6) is 0 Å². The lowest BCUT2D eigenvalue weighted by Gasteiger charge is -2.28. The highest BCUT2D eigenvalue weighted by Gasteiger charge is 2.48. The van der Waals surface area contributed by atoms with Crippen molar-refractivity contribution in [1.82, 2.24) is 20.4 Å². The third kappa shape index (κ3) is 6.48. The molecule has 2 atom stereocenters. The lowest BCUT2D eigenvalue weighted by atomic mass is 9.88. The van der Waals surface area contributed by atoms with Crippen LogP contribution in [0.4, 0.5) is 18.9 Å². The highest BCUT2D eigenvalue weighted by atomic mass is 19.4. The van der Waals surface area contributed by atoms with Crippen LogP contribution in [0.3, 0.4) is 0 Å². The molecule has 1 aliphatic heterocycles. The van der Waals surface area contributed by atoms with Gasteiger partial charge in [-0.05, 0) is 93.0 Å². The molecule has 2 fully saturated rings. The SMILES string of the molecule is CC(C)n1nccc1C(=O)N[C@H](C(=O)Nc1ccc2c(c1)CCO[C@H]2C(=O)NCC(F)(F)F)C(C1CC1)C1CC1. The predicted octanol–water partition coefficient (Wildman–Crippen LogP) is 3.93. The molecule has 3 amide bonds. The first-order valence-electron chi connectivity index (χ1n) is 13.8. The molecule has 2 heterocycles. The number of aromatic nitrogens is 2. The number of rotatable bonds is 10. The van der Waals surface area contributed by atoms with Crippen LogP contribution in [0.2, 0.25) is 0 Å². The maximum Gasteiger partial charge on any atom is 0.405 e. The standard InChI is InChI=1S/C28H34F3N5O4/c1-15(2)36-21(9-11-33-36)25(37)35-23(22(16-3-4-16)17-5-6-17)26(38)34-19-7-8-20-18(13-19)10-12-40-24(20)27(39)32-14-28(29,30)31/h7-9,11,13,15-17,22-24H,3-6,10,12,14H2,1-2H3,(H,32,39)(H,34,38)(H,35,37)/t23-,24+/m0/s1. The van der Waals surface area contributed by atoms with Crippen LogP contribution >= 0.6 is 0 Å². The van der Waals surface area contributed by atoms with Gasteiger partial charge in [0.25, 0.3) is 11.8 Å². The first-order chi connectivity index (χ1) is 19.0. The van der Waals surface area contributed by atoms with E-state index in [1.54, 1.807) is 35.1 Å². The molecule has 0 bridgehead atoms. The van der Waals surface area contributed by atoms with Crippen molar-refractivity contribution in [2.24, 2.45) is 17.8 Å². The quantitative estimate of drug-likeness (QED) is 0.407. The van der Waals surface area contributed by atoms with E-state index in [4.69, 9.17) is 4.74 Å². The topological polar surface area (TPSA) is 114 Å². The summed E-state index contributed by atoms with van der Waals surface area (Å²) < 4.78 is 44.8. The van der Waals surface area contributed by atoms with Crippen LogP contribution in [-0.2, 0) is 20.7 Å². The molecule has 1 aromatic heterocycles. The summed E-state index contributed by atoms with van der Waals surface area (Å²) in [6.07, 6.45) is 0.430. The number of benzene rings is 1. The van der Waals surface area contributed by atoms with Crippen molar-refractivity contribution < 1.29 is 32.3 Å². The zero-order valence-corrected chi connectivity index (χ0v) is 22.5. The zero-order valence-electron chi connectivity index (χ0n) is 22.5. The second-order valence-corrected chi connectivity index (χ2v) is 11.2. The fraction of sp³-hybridized carbons (Fsp3) is 0.571. The predicted molar refractivity (Wildman–Crippen MR) is 139 cm³/mol. The summed E-state index contributed by atoms with van der Waals surface area (Å²) >= 11 is 0. The van der Waals surface area contributed by atoms with Crippen LogP contribution < -0.4 is 16.0 Å². The molecule has 2 aliphatic carbocycles. The molecular formula is C28H34F3N5O4. The van der Waals surface area contributed by atoms with E-state index in [0.717, 1.165) is 25.7 Å². The number of nitrogens with one attached hydrogen (secondary N) is 3. The van der Waals surface area contributed by atoms with Gasteiger partial charge in [0.05, 0.1) is 6.61 Å². The summed E-state index contributed by atoms with van der Waals surface area (Å²) in [6.45, 7) is 2.57. The van der Waals surface area contributed by atoms with E-state index >= 15 is 0 Å². The Hall–Kier alpha value is -3.41. The van der Waals surface area contributed by atoms with Gasteiger partial charge in [0, 0.05) is 17.9 Å². The van der Waals surface area contributed by atoms with Crippen molar-refractivity contribution in [2.45, 2.75) is 70.3 Å². The van der Waals surface area contributed by atoms with E-state index in [2.05, 4.69) is 15.7 Å². The average molecular weight is 562 g/mol. The number of nitrogens with zero attached hydrogens (tertiary/aromatic N) is 2. The maximum atomic E-state index is 13.7. The molecule has 216 valence electrons. The first kappa shape index (κ1) is 28.1. The molecule has 3 N–H and O–H groups in total. The molecule has 40 heavy (non-hydrogen) atoms. The van der Waals surface area contributed by atoms with Gasteiger partial charge in [-0.2, -0.15) is 18.3 Å². The number of hydrogen-bond donors (Lipinski definition) is 3. The number of halogens is 3. The third-order valence-corrected chi connectivity index (χ3v) is 7.73. The smallest absolute Gasteiger partial charge is 0.363 e. The van der Waals surface area contributed by atoms with E-state index < -0.39 is 30.8 Å². The van der Waals surface area contributed by atoms with Gasteiger partial charge in [0.1, 0.15) is 18.3 Å². The number of amides is 3. The van der Waals surface area contributed by atoms with Gasteiger partial charge in [0.15, 0.2) is 6.10 Å². The Bertz CT molecular complexity index is 1260. The van der Waals surface area contributed by atoms with E-state index in [0.29, 0.717) is 40.8 Å². The molecule has 2 saturated carbocycles. The lowest BCUT2D eigenvalue weighted by molar-refractivity contribution is -0.146. The van der Waals surface area contributed by atoms with Crippen molar-refractivity contribution >= 4 is 23.4 Å². The molecule has 0 spiro atoms. The Labute approximate surface area is 230 Å². The van der Waals surface area contributed by atoms with Gasteiger partial charge in [-0.15, -0.1) is 0 Å². The van der Waals surface area contributed by atoms with Crippen LogP contribution in [-0.4, -0.2) is 52.9 Å². The van der Waals surface area contributed by atoms with Gasteiger partial charge in [0.2, 0.25) is 5.91 Å². The molecule has 9 nitrogen and oxygen atoms in total. The van der Waals surface area contributed by atoms with Crippen LogP contribution in [0, 0.1) is 17.8 Å². The number of ether oxygens (including phenoxy) is 1. The minimum absolute atomic E-state index is 0.0236. The summed E-state index contributed by atoms with van der Waals surface area (Å²) in [5, 5.41) is 12.1. The van der Waals surface area contributed by atoms with Gasteiger partial charge in [-0.1, -0.05) is 6.07 Å². The second kappa shape index (κ2) is 11.2. The molecular weight excluding hydrogens is 527 g/mol. The monoisotopic (exact) mass is 561 g/mol. The van der Waals surface area contributed by atoms with E-state index in [-0.39, 0.29) is 30.4 Å². The molecule has 3 aliphatic rings. The Balaban J connectivity index is 1.33. The maximum absolute atomic E-state index is 13.7. The molecule has 0 saturated heterocycles. The van der Waals surface area contributed by atoms with E-state index in [1.165, 1.54) is 0 Å². The van der Waals surface area contributed by atoms with Gasteiger partial charge in [-0.25, -0.2) is 0 Å². The van der Waals surface area contributed by atoms with Crippen molar-refractivity contribution in [3.63, 3.8) is 0 Å². The Morgan fingerprint density at radius 1 is 1.10 bits per heavy atom. The fourth-order valence-electron chi connectivity index (χ4n) is 5.60. The Kier molecular flexibility index (Phi) is 7.89. The average Bonchev–Trinajstić information content (AvgIpc) is 3.85. The normalized spacial score (nSPS) is 19.7. The fourth-order valence-corrected chi connectivity index (χ4v) is 5.60.